The van der Waals surface area contributed by atoms with Crippen LogP contribution in [0.2, 0.25) is 5.02 Å². The molecule has 1 N–H and O–H groups in total. The summed E-state index contributed by atoms with van der Waals surface area (Å²) in [5.74, 6) is 0.105. The number of nitrogens with one attached hydrogen (secondary N) is 1. The number of nitro benzene ring substituents is 1. The van der Waals surface area contributed by atoms with Crippen LogP contribution in [0, 0.1) is 10.1 Å². The fourth-order valence-electron chi connectivity index (χ4n) is 2.45. The Hall–Kier alpha value is -3.04. The predicted octanol–water partition coefficient (Wildman–Crippen LogP) is 4.16. The molecule has 3 rings (SSSR count). The van der Waals surface area contributed by atoms with Crippen LogP contribution in [0.5, 0.6) is 11.5 Å². The van der Waals surface area contributed by atoms with Crippen LogP contribution < -0.4 is 14.8 Å². The molecule has 1 aliphatic heterocycles. The number of imide groups is 1. The molecule has 0 saturated carbocycles. The first-order valence-corrected chi connectivity index (χ1v) is 9.05. The van der Waals surface area contributed by atoms with Crippen molar-refractivity contribution in [2.45, 2.75) is 6.61 Å². The van der Waals surface area contributed by atoms with Crippen LogP contribution in [0.25, 0.3) is 6.08 Å². The van der Waals surface area contributed by atoms with Gasteiger partial charge in [0.25, 0.3) is 16.8 Å². The third-order valence-corrected chi connectivity index (χ3v) is 4.79. The van der Waals surface area contributed by atoms with Crippen LogP contribution in [0.3, 0.4) is 0 Å². The molecule has 2 aromatic carbocycles. The maximum absolute atomic E-state index is 11.7. The average Bonchev–Trinajstić information content (AvgIpc) is 2.97. The predicted molar refractivity (Wildman–Crippen MR) is 105 cm³/mol. The van der Waals surface area contributed by atoms with Gasteiger partial charge in [-0.05, 0) is 41.1 Å². The molecule has 1 fully saturated rings. The third-order valence-electron chi connectivity index (χ3n) is 3.70. The summed E-state index contributed by atoms with van der Waals surface area (Å²) in [5.41, 5.74) is 1.11. The molecule has 0 spiro atoms. The lowest BCUT2D eigenvalue weighted by molar-refractivity contribution is -0.384. The lowest BCUT2D eigenvalue weighted by Gasteiger charge is -2.13. The van der Waals surface area contributed by atoms with Crippen molar-refractivity contribution >= 4 is 46.3 Å². The molecule has 0 unspecified atom stereocenters. The number of amides is 2. The molecule has 0 aliphatic carbocycles. The smallest absolute Gasteiger partial charge is 0.290 e. The van der Waals surface area contributed by atoms with E-state index in [2.05, 4.69) is 5.32 Å². The Morgan fingerprint density at radius 3 is 2.71 bits per heavy atom. The van der Waals surface area contributed by atoms with E-state index >= 15 is 0 Å². The molecule has 0 aromatic heterocycles. The van der Waals surface area contributed by atoms with Crippen molar-refractivity contribution in [2.75, 3.05) is 7.11 Å². The largest absolute Gasteiger partial charge is 0.493 e. The van der Waals surface area contributed by atoms with E-state index in [9.17, 15) is 19.7 Å². The molecule has 0 bridgehead atoms. The Morgan fingerprint density at radius 1 is 1.29 bits per heavy atom. The van der Waals surface area contributed by atoms with Gasteiger partial charge in [0, 0.05) is 12.1 Å². The lowest BCUT2D eigenvalue weighted by atomic mass is 10.1. The van der Waals surface area contributed by atoms with Crippen LogP contribution in [-0.4, -0.2) is 23.2 Å². The van der Waals surface area contributed by atoms with Gasteiger partial charge in [-0.3, -0.25) is 25.0 Å². The highest BCUT2D eigenvalue weighted by Gasteiger charge is 2.25. The number of nitrogens with zero attached hydrogens (tertiary/aromatic N) is 1. The lowest BCUT2D eigenvalue weighted by Crippen LogP contribution is -2.17. The van der Waals surface area contributed by atoms with Gasteiger partial charge in [-0.2, -0.15) is 0 Å². The minimum atomic E-state index is -0.485. The van der Waals surface area contributed by atoms with Gasteiger partial charge in [0.2, 0.25) is 0 Å². The number of thioether (sulfide) groups is 1. The standard InChI is InChI=1S/C18H13ClN2O6S/c1-26-14-7-11(8-15-17(22)20-18(23)28-15)6-13(19)16(14)27-9-10-3-2-4-12(5-10)21(24)25/h2-8H,9H2,1H3,(H,20,22,23)/b15-8-. The summed E-state index contributed by atoms with van der Waals surface area (Å²) in [6.07, 6.45) is 1.52. The molecule has 1 saturated heterocycles. The SMILES string of the molecule is COc1cc(/C=C2\SC(=O)NC2=O)cc(Cl)c1OCc1cccc([N+](=O)[O-])c1. The van der Waals surface area contributed by atoms with E-state index in [0.29, 0.717) is 16.9 Å². The topological polar surface area (TPSA) is 108 Å². The summed E-state index contributed by atoms with van der Waals surface area (Å²) in [6.45, 7) is 0.0466. The molecular formula is C18H13ClN2O6S. The summed E-state index contributed by atoms with van der Waals surface area (Å²) in [4.78, 5) is 33.6. The zero-order valence-corrected chi connectivity index (χ0v) is 16.0. The summed E-state index contributed by atoms with van der Waals surface area (Å²) in [6, 6.07) is 9.23. The van der Waals surface area contributed by atoms with Crippen LogP contribution in [-0.2, 0) is 11.4 Å². The molecule has 0 atom stereocenters. The molecule has 1 heterocycles. The minimum Gasteiger partial charge on any atom is -0.493 e. The molecule has 2 amide bonds. The fraction of sp³-hybridized carbons (Fsp3) is 0.111. The first kappa shape index (κ1) is 19.7. The summed E-state index contributed by atoms with van der Waals surface area (Å²) in [7, 11) is 1.43. The first-order valence-electron chi connectivity index (χ1n) is 7.86. The van der Waals surface area contributed by atoms with Crippen molar-refractivity contribution in [3.63, 3.8) is 0 Å². The molecule has 8 nitrogen and oxygen atoms in total. The van der Waals surface area contributed by atoms with E-state index in [1.54, 1.807) is 24.3 Å². The number of benzene rings is 2. The number of ether oxygens (including phenoxy) is 2. The van der Waals surface area contributed by atoms with Crippen LogP contribution in [0.4, 0.5) is 10.5 Å². The van der Waals surface area contributed by atoms with Gasteiger partial charge >= 0.3 is 0 Å². The zero-order chi connectivity index (χ0) is 20.3. The van der Waals surface area contributed by atoms with E-state index in [1.165, 1.54) is 25.3 Å². The highest BCUT2D eigenvalue weighted by Crippen LogP contribution is 2.38. The first-order chi connectivity index (χ1) is 13.4. The monoisotopic (exact) mass is 420 g/mol. The van der Waals surface area contributed by atoms with E-state index in [4.69, 9.17) is 21.1 Å². The van der Waals surface area contributed by atoms with Crippen molar-refractivity contribution in [3.8, 4) is 11.5 Å². The molecule has 144 valence electrons. The quantitative estimate of drug-likeness (QED) is 0.424. The molecule has 2 aromatic rings. The van der Waals surface area contributed by atoms with Gasteiger partial charge in [0.1, 0.15) is 6.61 Å². The highest BCUT2D eigenvalue weighted by molar-refractivity contribution is 8.18. The second kappa shape index (κ2) is 8.32. The molecule has 0 radical (unpaired) electrons. The minimum absolute atomic E-state index is 0.0389. The number of carbonyl (C=O) groups excluding carboxylic acids is 2. The van der Waals surface area contributed by atoms with Gasteiger partial charge < -0.3 is 9.47 Å². The van der Waals surface area contributed by atoms with Gasteiger partial charge in [-0.15, -0.1) is 0 Å². The molecule has 28 heavy (non-hydrogen) atoms. The van der Waals surface area contributed by atoms with Crippen molar-refractivity contribution in [3.05, 3.63) is 67.6 Å². The summed E-state index contributed by atoms with van der Waals surface area (Å²) < 4.78 is 11.0. The van der Waals surface area contributed by atoms with E-state index in [-0.39, 0.29) is 28.0 Å². The van der Waals surface area contributed by atoms with Crippen LogP contribution in [0.15, 0.2) is 41.3 Å². The third kappa shape index (κ3) is 4.44. The number of carbonyl (C=O) groups is 2. The van der Waals surface area contributed by atoms with E-state index in [0.717, 1.165) is 11.8 Å². The number of hydrogen-bond acceptors (Lipinski definition) is 7. The summed E-state index contributed by atoms with van der Waals surface area (Å²) in [5, 5.41) is 12.8. The van der Waals surface area contributed by atoms with Crippen molar-refractivity contribution in [1.82, 2.24) is 5.32 Å². The van der Waals surface area contributed by atoms with Gasteiger partial charge in [0.15, 0.2) is 11.5 Å². The highest BCUT2D eigenvalue weighted by atomic mass is 35.5. The number of methoxy groups -OCH3 is 1. The molecule has 1 aliphatic rings. The summed E-state index contributed by atoms with van der Waals surface area (Å²) >= 11 is 7.09. The number of halogens is 1. The van der Waals surface area contributed by atoms with Gasteiger partial charge in [0.05, 0.1) is 22.0 Å². The maximum Gasteiger partial charge on any atom is 0.290 e. The van der Waals surface area contributed by atoms with Crippen molar-refractivity contribution in [2.24, 2.45) is 0 Å². The van der Waals surface area contributed by atoms with E-state index in [1.807, 2.05) is 0 Å². The Morgan fingerprint density at radius 2 is 2.07 bits per heavy atom. The fourth-order valence-corrected chi connectivity index (χ4v) is 3.41. The normalized spacial score (nSPS) is 14.9. The number of hydrogen-bond donors (Lipinski definition) is 1. The number of nitro groups is 1. The molecule has 10 heteroatoms. The Bertz CT molecular complexity index is 1010. The average molecular weight is 421 g/mol. The van der Waals surface area contributed by atoms with Crippen molar-refractivity contribution in [1.29, 1.82) is 0 Å². The Kier molecular flexibility index (Phi) is 5.86. The van der Waals surface area contributed by atoms with E-state index < -0.39 is 16.1 Å². The van der Waals surface area contributed by atoms with Crippen LogP contribution >= 0.6 is 23.4 Å². The van der Waals surface area contributed by atoms with Gasteiger partial charge in [-0.25, -0.2) is 0 Å². The maximum atomic E-state index is 11.7. The number of rotatable bonds is 6. The Balaban J connectivity index is 1.83. The number of non-ortho nitro benzene ring substituents is 1. The zero-order valence-electron chi connectivity index (χ0n) is 14.4. The second-order valence-corrected chi connectivity index (χ2v) is 7.02. The van der Waals surface area contributed by atoms with Crippen molar-refractivity contribution < 1.29 is 24.0 Å². The van der Waals surface area contributed by atoms with Crippen LogP contribution in [0.1, 0.15) is 11.1 Å². The van der Waals surface area contributed by atoms with Gasteiger partial charge in [-0.1, -0.05) is 23.7 Å². The Labute approximate surface area is 168 Å². The second-order valence-electron chi connectivity index (χ2n) is 5.60. The molecular weight excluding hydrogens is 408 g/mol.